The molecule has 1 aromatic carbocycles. The molecule has 0 aliphatic heterocycles. The van der Waals surface area contributed by atoms with Crippen LogP contribution in [0.1, 0.15) is 31.4 Å². The van der Waals surface area contributed by atoms with Crippen molar-refractivity contribution in [2.75, 3.05) is 0 Å². The summed E-state index contributed by atoms with van der Waals surface area (Å²) in [5, 5.41) is 8.48. The van der Waals surface area contributed by atoms with Crippen LogP contribution in [0.2, 0.25) is 0 Å². The van der Waals surface area contributed by atoms with Crippen molar-refractivity contribution in [2.24, 2.45) is 0 Å². The van der Waals surface area contributed by atoms with E-state index in [1.165, 1.54) is 11.1 Å². The molecule has 0 amide bonds. The molecule has 0 spiro atoms. The fourth-order valence-electron chi connectivity index (χ4n) is 1.47. The summed E-state index contributed by atoms with van der Waals surface area (Å²) in [5.41, 5.74) is 3.87. The van der Waals surface area contributed by atoms with Crippen LogP contribution in [-0.2, 0) is 12.8 Å². The van der Waals surface area contributed by atoms with Gasteiger partial charge in [-0.1, -0.05) is 36.8 Å². The topological polar surface area (TPSA) is 23.8 Å². The fraction of sp³-hybridized carbons (Fsp3) is 0.357. The first-order chi connectivity index (χ1) is 7.26. The van der Waals surface area contributed by atoms with Gasteiger partial charge in [0.1, 0.15) is 0 Å². The third kappa shape index (κ3) is 3.99. The lowest BCUT2D eigenvalue weighted by molar-refractivity contribution is 0.939. The van der Waals surface area contributed by atoms with E-state index in [4.69, 9.17) is 5.26 Å². The molecule has 0 fully saturated rings. The van der Waals surface area contributed by atoms with Crippen molar-refractivity contribution in [2.45, 2.75) is 33.1 Å². The van der Waals surface area contributed by atoms with E-state index in [-0.39, 0.29) is 0 Å². The molecule has 0 aliphatic carbocycles. The van der Waals surface area contributed by atoms with Gasteiger partial charge in [-0.15, -0.1) is 0 Å². The van der Waals surface area contributed by atoms with Crippen molar-refractivity contribution in [3.05, 3.63) is 47.0 Å². The zero-order valence-corrected chi connectivity index (χ0v) is 9.46. The number of aryl methyl sites for hydroxylation is 2. The summed E-state index contributed by atoms with van der Waals surface area (Å²) in [7, 11) is 0. The minimum atomic E-state index is 0.971. The quantitative estimate of drug-likeness (QED) is 0.679. The molecule has 0 heterocycles. The summed E-state index contributed by atoms with van der Waals surface area (Å²) in [6.07, 6.45) is 4.71. The number of rotatable bonds is 4. The molecule has 0 atom stereocenters. The average Bonchev–Trinajstić information content (AvgIpc) is 2.27. The van der Waals surface area contributed by atoms with Gasteiger partial charge >= 0.3 is 0 Å². The first kappa shape index (κ1) is 11.5. The monoisotopic (exact) mass is 199 g/mol. The van der Waals surface area contributed by atoms with Crippen LogP contribution < -0.4 is 0 Å². The third-order valence-electron chi connectivity index (χ3n) is 2.55. The maximum atomic E-state index is 8.48. The highest BCUT2D eigenvalue weighted by molar-refractivity contribution is 5.23. The normalized spacial score (nSPS) is 11.1. The van der Waals surface area contributed by atoms with Crippen LogP contribution in [0.25, 0.3) is 0 Å². The van der Waals surface area contributed by atoms with Gasteiger partial charge in [0.25, 0.3) is 0 Å². The van der Waals surface area contributed by atoms with E-state index in [9.17, 15) is 0 Å². The van der Waals surface area contributed by atoms with Crippen molar-refractivity contribution in [3.8, 4) is 6.07 Å². The van der Waals surface area contributed by atoms with Crippen molar-refractivity contribution in [1.29, 1.82) is 5.26 Å². The van der Waals surface area contributed by atoms with Gasteiger partial charge in [-0.2, -0.15) is 5.26 Å². The third-order valence-corrected chi connectivity index (χ3v) is 2.55. The van der Waals surface area contributed by atoms with E-state index in [2.05, 4.69) is 37.3 Å². The number of nitrogens with zero attached hydrogens (tertiary/aromatic N) is 1. The summed E-state index contributed by atoms with van der Waals surface area (Å²) >= 11 is 0. The zero-order valence-electron chi connectivity index (χ0n) is 9.46. The van der Waals surface area contributed by atoms with Crippen molar-refractivity contribution in [3.63, 3.8) is 0 Å². The van der Waals surface area contributed by atoms with Crippen molar-refractivity contribution < 1.29 is 0 Å². The highest BCUT2D eigenvalue weighted by Crippen LogP contribution is 2.10. The Balaban J connectivity index is 2.52. The lowest BCUT2D eigenvalue weighted by atomic mass is 10.0. The SMILES string of the molecule is CCc1ccc(CCC(C)=CC#N)cc1. The van der Waals surface area contributed by atoms with Crippen LogP contribution in [0.3, 0.4) is 0 Å². The Morgan fingerprint density at radius 1 is 1.27 bits per heavy atom. The highest BCUT2D eigenvalue weighted by atomic mass is 14.2. The van der Waals surface area contributed by atoms with E-state index in [0.29, 0.717) is 0 Å². The van der Waals surface area contributed by atoms with Crippen LogP contribution in [0.15, 0.2) is 35.9 Å². The number of hydrogen-bond donors (Lipinski definition) is 0. The maximum absolute atomic E-state index is 8.48. The first-order valence-corrected chi connectivity index (χ1v) is 5.39. The molecular weight excluding hydrogens is 182 g/mol. The molecule has 0 saturated heterocycles. The number of benzene rings is 1. The van der Waals surface area contributed by atoms with E-state index in [1.54, 1.807) is 6.08 Å². The predicted octanol–water partition coefficient (Wildman–Crippen LogP) is 3.65. The Kier molecular flexibility index (Phi) is 4.63. The Morgan fingerprint density at radius 3 is 2.40 bits per heavy atom. The largest absolute Gasteiger partial charge is 0.193 e. The Hall–Kier alpha value is -1.55. The lowest BCUT2D eigenvalue weighted by Crippen LogP contribution is -1.87. The molecule has 0 saturated carbocycles. The number of allylic oxidation sites excluding steroid dienone is 2. The van der Waals surface area contributed by atoms with E-state index in [1.807, 2.05) is 6.92 Å². The van der Waals surface area contributed by atoms with Crippen molar-refractivity contribution in [1.82, 2.24) is 0 Å². The van der Waals surface area contributed by atoms with Gasteiger partial charge in [0, 0.05) is 6.08 Å². The Morgan fingerprint density at radius 2 is 1.87 bits per heavy atom. The fourth-order valence-corrected chi connectivity index (χ4v) is 1.47. The summed E-state index contributed by atoms with van der Waals surface area (Å²) in [5.74, 6) is 0. The molecule has 0 aliphatic rings. The van der Waals surface area contributed by atoms with Gasteiger partial charge in [0.15, 0.2) is 0 Å². The van der Waals surface area contributed by atoms with Crippen LogP contribution in [0.4, 0.5) is 0 Å². The van der Waals surface area contributed by atoms with Gasteiger partial charge < -0.3 is 0 Å². The van der Waals surface area contributed by atoms with Crippen molar-refractivity contribution >= 4 is 0 Å². The van der Waals surface area contributed by atoms with E-state index >= 15 is 0 Å². The summed E-state index contributed by atoms with van der Waals surface area (Å²) < 4.78 is 0. The molecule has 1 heteroatoms. The summed E-state index contributed by atoms with van der Waals surface area (Å²) in [6, 6.07) is 10.8. The highest BCUT2D eigenvalue weighted by Gasteiger charge is 1.95. The number of hydrogen-bond acceptors (Lipinski definition) is 1. The van der Waals surface area contributed by atoms with Crippen LogP contribution >= 0.6 is 0 Å². The Bertz CT molecular complexity index is 365. The minimum Gasteiger partial charge on any atom is -0.193 e. The molecule has 1 aromatic rings. The number of nitriles is 1. The molecule has 0 unspecified atom stereocenters. The molecule has 15 heavy (non-hydrogen) atoms. The summed E-state index contributed by atoms with van der Waals surface area (Å²) in [4.78, 5) is 0. The van der Waals surface area contributed by atoms with E-state index in [0.717, 1.165) is 24.8 Å². The molecule has 0 radical (unpaired) electrons. The summed E-state index contributed by atoms with van der Waals surface area (Å²) in [6.45, 7) is 4.17. The van der Waals surface area contributed by atoms with Gasteiger partial charge in [-0.3, -0.25) is 0 Å². The molecular formula is C14H17N. The molecule has 1 nitrogen and oxygen atoms in total. The standard InChI is InChI=1S/C14H17N/c1-3-13-6-8-14(9-7-13)5-4-12(2)10-11-15/h6-10H,3-5H2,1-2H3. The smallest absolute Gasteiger partial charge is 0.0911 e. The minimum absolute atomic E-state index is 0.971. The molecule has 1 rings (SSSR count). The molecule has 0 aromatic heterocycles. The maximum Gasteiger partial charge on any atom is 0.0911 e. The second-order valence-corrected chi connectivity index (χ2v) is 3.79. The van der Waals surface area contributed by atoms with Gasteiger partial charge in [-0.25, -0.2) is 0 Å². The van der Waals surface area contributed by atoms with Crippen LogP contribution in [-0.4, -0.2) is 0 Å². The van der Waals surface area contributed by atoms with E-state index < -0.39 is 0 Å². The first-order valence-electron chi connectivity index (χ1n) is 5.39. The lowest BCUT2D eigenvalue weighted by Gasteiger charge is -2.02. The molecule has 0 N–H and O–H groups in total. The predicted molar refractivity (Wildman–Crippen MR) is 63.5 cm³/mol. The second-order valence-electron chi connectivity index (χ2n) is 3.79. The van der Waals surface area contributed by atoms with Gasteiger partial charge in [0.05, 0.1) is 6.07 Å². The van der Waals surface area contributed by atoms with Crippen LogP contribution in [0, 0.1) is 11.3 Å². The Labute approximate surface area is 92.1 Å². The average molecular weight is 199 g/mol. The zero-order chi connectivity index (χ0) is 11.1. The van der Waals surface area contributed by atoms with Crippen LogP contribution in [0.5, 0.6) is 0 Å². The second kappa shape index (κ2) is 6.03. The van der Waals surface area contributed by atoms with Gasteiger partial charge in [-0.05, 0) is 37.3 Å². The molecule has 0 bridgehead atoms. The van der Waals surface area contributed by atoms with Gasteiger partial charge in [0.2, 0.25) is 0 Å². The molecule has 78 valence electrons.